The number of hydrogen-bond acceptors (Lipinski definition) is 4. The Morgan fingerprint density at radius 1 is 1.43 bits per heavy atom. The van der Waals surface area contributed by atoms with E-state index in [-0.39, 0.29) is 18.7 Å². The molecule has 1 aromatic rings. The fourth-order valence-corrected chi connectivity index (χ4v) is 3.39. The maximum Gasteiger partial charge on any atom is 0.243 e. The van der Waals surface area contributed by atoms with Crippen molar-refractivity contribution in [3.05, 3.63) is 28.0 Å². The monoisotopic (exact) mass is 383 g/mol. The SMILES string of the molecule is CC(C)COCCNS(=O)(=O)c1cc(Br)cc(CO)c1F. The van der Waals surface area contributed by atoms with Gasteiger partial charge in [0.15, 0.2) is 0 Å². The van der Waals surface area contributed by atoms with Gasteiger partial charge in [0.2, 0.25) is 10.0 Å². The highest BCUT2D eigenvalue weighted by molar-refractivity contribution is 9.10. The van der Waals surface area contributed by atoms with Crippen molar-refractivity contribution in [2.24, 2.45) is 5.92 Å². The van der Waals surface area contributed by atoms with E-state index in [9.17, 15) is 12.8 Å². The molecule has 0 heterocycles. The van der Waals surface area contributed by atoms with E-state index in [0.29, 0.717) is 17.0 Å². The van der Waals surface area contributed by atoms with Gasteiger partial charge in [-0.25, -0.2) is 17.5 Å². The van der Waals surface area contributed by atoms with Gasteiger partial charge in [-0.1, -0.05) is 29.8 Å². The summed E-state index contributed by atoms with van der Waals surface area (Å²) in [7, 11) is -3.99. The van der Waals surface area contributed by atoms with Crippen LogP contribution >= 0.6 is 15.9 Å². The molecular formula is C13H19BrFNO4S. The maximum absolute atomic E-state index is 14.0. The molecule has 0 saturated carbocycles. The number of halogens is 2. The van der Waals surface area contributed by atoms with Crippen molar-refractivity contribution in [1.82, 2.24) is 4.72 Å². The van der Waals surface area contributed by atoms with Crippen molar-refractivity contribution < 1.29 is 22.7 Å². The second kappa shape index (κ2) is 8.19. The number of rotatable bonds is 8. The Labute approximate surface area is 132 Å². The maximum atomic E-state index is 14.0. The first-order chi connectivity index (χ1) is 9.77. The van der Waals surface area contributed by atoms with E-state index in [1.54, 1.807) is 0 Å². The molecule has 0 spiro atoms. The molecule has 21 heavy (non-hydrogen) atoms. The normalized spacial score (nSPS) is 12.1. The molecule has 0 aliphatic heterocycles. The molecule has 0 bridgehead atoms. The Kier molecular flexibility index (Phi) is 7.22. The lowest BCUT2D eigenvalue weighted by Crippen LogP contribution is -2.28. The molecule has 0 amide bonds. The first-order valence-electron chi connectivity index (χ1n) is 6.44. The minimum atomic E-state index is -3.99. The highest BCUT2D eigenvalue weighted by Crippen LogP contribution is 2.24. The smallest absolute Gasteiger partial charge is 0.243 e. The van der Waals surface area contributed by atoms with Crippen LogP contribution in [0.5, 0.6) is 0 Å². The summed E-state index contributed by atoms with van der Waals surface area (Å²) in [6.07, 6.45) is 0. The summed E-state index contributed by atoms with van der Waals surface area (Å²) in [4.78, 5) is -0.496. The highest BCUT2D eigenvalue weighted by Gasteiger charge is 2.21. The van der Waals surface area contributed by atoms with E-state index < -0.39 is 27.3 Å². The van der Waals surface area contributed by atoms with E-state index in [2.05, 4.69) is 20.7 Å². The molecule has 120 valence electrons. The first kappa shape index (κ1) is 18.5. The minimum absolute atomic E-state index is 0.0511. The molecule has 0 aliphatic carbocycles. The number of sulfonamides is 1. The van der Waals surface area contributed by atoms with Crippen molar-refractivity contribution in [2.45, 2.75) is 25.3 Å². The Balaban J connectivity index is 2.77. The van der Waals surface area contributed by atoms with E-state index in [4.69, 9.17) is 9.84 Å². The summed E-state index contributed by atoms with van der Waals surface area (Å²) in [6.45, 7) is 4.18. The van der Waals surface area contributed by atoms with E-state index in [1.807, 2.05) is 13.8 Å². The largest absolute Gasteiger partial charge is 0.392 e. The van der Waals surface area contributed by atoms with Gasteiger partial charge in [0.25, 0.3) is 0 Å². The number of ether oxygens (including phenoxy) is 1. The van der Waals surface area contributed by atoms with Crippen LogP contribution in [0.15, 0.2) is 21.5 Å². The summed E-state index contributed by atoms with van der Waals surface area (Å²) in [5.41, 5.74) is -0.0826. The summed E-state index contributed by atoms with van der Waals surface area (Å²) < 4.78 is 46.0. The van der Waals surface area contributed by atoms with Crippen LogP contribution in [0.2, 0.25) is 0 Å². The first-order valence-corrected chi connectivity index (χ1v) is 8.71. The molecule has 0 unspecified atom stereocenters. The third-order valence-corrected chi connectivity index (χ3v) is 4.45. The van der Waals surface area contributed by atoms with Crippen LogP contribution in [0.3, 0.4) is 0 Å². The number of hydrogen-bond donors (Lipinski definition) is 2. The van der Waals surface area contributed by atoms with Gasteiger partial charge < -0.3 is 9.84 Å². The molecule has 5 nitrogen and oxygen atoms in total. The predicted octanol–water partition coefficient (Wildman–Crippen LogP) is 2.03. The summed E-state index contributed by atoms with van der Waals surface area (Å²) >= 11 is 3.09. The summed E-state index contributed by atoms with van der Waals surface area (Å²) in [6, 6.07) is 2.49. The van der Waals surface area contributed by atoms with E-state index >= 15 is 0 Å². The van der Waals surface area contributed by atoms with Crippen LogP contribution in [-0.4, -0.2) is 33.3 Å². The van der Waals surface area contributed by atoms with Crippen molar-refractivity contribution in [3.63, 3.8) is 0 Å². The Bertz CT molecular complexity index is 578. The van der Waals surface area contributed by atoms with E-state index in [0.717, 1.165) is 6.07 Å². The third-order valence-electron chi connectivity index (χ3n) is 2.53. The van der Waals surface area contributed by atoms with Gasteiger partial charge in [-0.3, -0.25) is 0 Å². The van der Waals surface area contributed by atoms with Crippen LogP contribution in [0.25, 0.3) is 0 Å². The average molecular weight is 384 g/mol. The summed E-state index contributed by atoms with van der Waals surface area (Å²) in [5.74, 6) is -0.590. The molecule has 0 aromatic heterocycles. The topological polar surface area (TPSA) is 75.6 Å². The van der Waals surface area contributed by atoms with Crippen molar-refractivity contribution in [2.75, 3.05) is 19.8 Å². The van der Waals surface area contributed by atoms with Gasteiger partial charge in [0.05, 0.1) is 13.2 Å². The van der Waals surface area contributed by atoms with Crippen LogP contribution in [0.1, 0.15) is 19.4 Å². The zero-order valence-electron chi connectivity index (χ0n) is 11.9. The molecule has 8 heteroatoms. The predicted molar refractivity (Wildman–Crippen MR) is 80.9 cm³/mol. The quantitative estimate of drug-likeness (QED) is 0.673. The third kappa shape index (κ3) is 5.63. The molecule has 0 radical (unpaired) electrons. The number of benzene rings is 1. The Morgan fingerprint density at radius 3 is 2.67 bits per heavy atom. The second-order valence-electron chi connectivity index (χ2n) is 4.90. The lowest BCUT2D eigenvalue weighted by Gasteiger charge is -2.11. The van der Waals surface area contributed by atoms with Crippen molar-refractivity contribution >= 4 is 26.0 Å². The molecule has 1 rings (SSSR count). The molecule has 0 fully saturated rings. The zero-order valence-corrected chi connectivity index (χ0v) is 14.3. The van der Waals surface area contributed by atoms with Crippen LogP contribution in [-0.2, 0) is 21.4 Å². The van der Waals surface area contributed by atoms with Gasteiger partial charge in [-0.15, -0.1) is 0 Å². The van der Waals surface area contributed by atoms with Gasteiger partial charge in [0.1, 0.15) is 10.7 Å². The standard InChI is InChI=1S/C13H19BrFNO4S/c1-9(2)8-20-4-3-16-21(18,19)12-6-11(14)5-10(7-17)13(12)15/h5-6,9,16-17H,3-4,7-8H2,1-2H3. The van der Waals surface area contributed by atoms with Crippen LogP contribution in [0, 0.1) is 11.7 Å². The molecular weight excluding hydrogens is 365 g/mol. The minimum Gasteiger partial charge on any atom is -0.392 e. The lowest BCUT2D eigenvalue weighted by molar-refractivity contribution is 0.114. The molecule has 0 atom stereocenters. The lowest BCUT2D eigenvalue weighted by atomic mass is 10.2. The zero-order chi connectivity index (χ0) is 16.0. The van der Waals surface area contributed by atoms with Crippen LogP contribution in [0.4, 0.5) is 4.39 Å². The Morgan fingerprint density at radius 2 is 2.10 bits per heavy atom. The fraction of sp³-hybridized carbons (Fsp3) is 0.538. The molecule has 0 saturated heterocycles. The highest BCUT2D eigenvalue weighted by atomic mass is 79.9. The van der Waals surface area contributed by atoms with Crippen molar-refractivity contribution in [3.8, 4) is 0 Å². The van der Waals surface area contributed by atoms with E-state index in [1.165, 1.54) is 6.07 Å². The Hall–Kier alpha value is -0.540. The summed E-state index contributed by atoms with van der Waals surface area (Å²) in [5, 5.41) is 9.03. The van der Waals surface area contributed by atoms with Gasteiger partial charge in [-0.05, 0) is 18.1 Å². The number of nitrogens with one attached hydrogen (secondary N) is 1. The number of aliphatic hydroxyl groups excluding tert-OH is 1. The van der Waals surface area contributed by atoms with Gasteiger partial charge in [-0.2, -0.15) is 0 Å². The van der Waals surface area contributed by atoms with Gasteiger partial charge >= 0.3 is 0 Å². The van der Waals surface area contributed by atoms with Crippen LogP contribution < -0.4 is 4.72 Å². The average Bonchev–Trinajstić information content (AvgIpc) is 2.40. The molecule has 0 aliphatic rings. The second-order valence-corrected chi connectivity index (χ2v) is 7.55. The number of aliphatic hydroxyl groups is 1. The van der Waals surface area contributed by atoms with Crippen molar-refractivity contribution in [1.29, 1.82) is 0 Å². The fourth-order valence-electron chi connectivity index (χ4n) is 1.57. The van der Waals surface area contributed by atoms with Gasteiger partial charge in [0, 0.05) is 23.2 Å². The molecule has 2 N–H and O–H groups in total. The molecule has 1 aromatic carbocycles.